The van der Waals surface area contributed by atoms with Crippen LogP contribution in [-0.2, 0) is 16.6 Å². The third-order valence-corrected chi connectivity index (χ3v) is 5.61. The van der Waals surface area contributed by atoms with Gasteiger partial charge in [0.2, 0.25) is 10.0 Å². The molecule has 1 fully saturated rings. The van der Waals surface area contributed by atoms with E-state index < -0.39 is 10.0 Å². The quantitative estimate of drug-likeness (QED) is 0.849. The summed E-state index contributed by atoms with van der Waals surface area (Å²) in [6, 6.07) is 6.13. The van der Waals surface area contributed by atoms with Crippen molar-refractivity contribution in [3.05, 3.63) is 29.3 Å². The Morgan fingerprint density at radius 3 is 2.52 bits per heavy atom. The first-order chi connectivity index (χ1) is 9.78. The molecule has 1 aromatic carbocycles. The zero-order chi connectivity index (χ0) is 15.6. The molecule has 0 amide bonds. The molecule has 0 spiro atoms. The van der Waals surface area contributed by atoms with E-state index in [9.17, 15) is 8.42 Å². The molecule has 1 aliphatic rings. The van der Waals surface area contributed by atoms with E-state index in [0.29, 0.717) is 23.4 Å². The maximum atomic E-state index is 12.5. The van der Waals surface area contributed by atoms with Crippen molar-refractivity contribution in [2.75, 3.05) is 0 Å². The van der Waals surface area contributed by atoms with Gasteiger partial charge in [0.05, 0.1) is 4.90 Å². The molecule has 1 saturated carbocycles. The second-order valence-corrected chi connectivity index (χ2v) is 8.21. The van der Waals surface area contributed by atoms with Gasteiger partial charge in [-0.15, -0.1) is 0 Å². The minimum absolute atomic E-state index is 0.0989. The van der Waals surface area contributed by atoms with Crippen LogP contribution in [0.2, 0.25) is 0 Å². The van der Waals surface area contributed by atoms with Gasteiger partial charge in [-0.3, -0.25) is 0 Å². The molecule has 0 saturated heterocycles. The summed E-state index contributed by atoms with van der Waals surface area (Å²) in [5.74, 6) is 0.625. The number of benzene rings is 1. The van der Waals surface area contributed by atoms with Gasteiger partial charge in [-0.2, -0.15) is 0 Å². The van der Waals surface area contributed by atoms with Crippen molar-refractivity contribution in [1.29, 1.82) is 0 Å². The van der Waals surface area contributed by atoms with Gasteiger partial charge in [-0.1, -0.05) is 32.9 Å². The van der Waals surface area contributed by atoms with Crippen LogP contribution in [0.5, 0.6) is 0 Å². The van der Waals surface area contributed by atoms with Crippen molar-refractivity contribution in [3.8, 4) is 0 Å². The Bertz CT molecular complexity index is 590. The molecule has 0 unspecified atom stereocenters. The zero-order valence-corrected chi connectivity index (χ0v) is 14.1. The summed E-state index contributed by atoms with van der Waals surface area (Å²) in [7, 11) is -3.41. The number of sulfonamides is 1. The van der Waals surface area contributed by atoms with E-state index in [2.05, 4.69) is 30.8 Å². The second kappa shape index (κ2) is 6.46. The van der Waals surface area contributed by atoms with Crippen LogP contribution in [0.4, 0.5) is 0 Å². The number of rotatable bonds is 6. The molecule has 2 rings (SSSR count). The van der Waals surface area contributed by atoms with E-state index in [1.165, 1.54) is 0 Å². The molecule has 0 heterocycles. The molecule has 1 aliphatic carbocycles. The molecule has 0 aliphatic heterocycles. The van der Waals surface area contributed by atoms with Gasteiger partial charge in [0.1, 0.15) is 0 Å². The number of hydrogen-bond donors (Lipinski definition) is 2. The van der Waals surface area contributed by atoms with E-state index in [1.54, 1.807) is 6.07 Å². The number of aryl methyl sites for hydroxylation is 1. The highest BCUT2D eigenvalue weighted by atomic mass is 32.2. The van der Waals surface area contributed by atoms with E-state index in [4.69, 9.17) is 0 Å². The fraction of sp³-hybridized carbons (Fsp3) is 0.625. The van der Waals surface area contributed by atoms with Crippen LogP contribution in [0, 0.1) is 12.8 Å². The molecule has 0 atom stereocenters. The Hall–Kier alpha value is -0.910. The highest BCUT2D eigenvalue weighted by Crippen LogP contribution is 2.28. The SMILES string of the molecule is Cc1ccc(CNC(C)C)cc1S(=O)(=O)NC1CC(C)C1. The van der Waals surface area contributed by atoms with Crippen molar-refractivity contribution in [1.82, 2.24) is 10.0 Å². The fourth-order valence-electron chi connectivity index (χ4n) is 2.65. The van der Waals surface area contributed by atoms with E-state index in [1.807, 2.05) is 19.1 Å². The lowest BCUT2D eigenvalue weighted by molar-refractivity contribution is 0.270. The lowest BCUT2D eigenvalue weighted by Crippen LogP contribution is -2.43. The summed E-state index contributed by atoms with van der Waals surface area (Å²) < 4.78 is 27.9. The second-order valence-electron chi connectivity index (χ2n) is 6.53. The van der Waals surface area contributed by atoms with Gasteiger partial charge in [0.15, 0.2) is 0 Å². The molecule has 4 nitrogen and oxygen atoms in total. The first kappa shape index (κ1) is 16.5. The predicted molar refractivity (Wildman–Crippen MR) is 85.7 cm³/mol. The number of hydrogen-bond acceptors (Lipinski definition) is 3. The Balaban J connectivity index is 2.15. The maximum Gasteiger partial charge on any atom is 0.241 e. The van der Waals surface area contributed by atoms with Crippen molar-refractivity contribution in [2.24, 2.45) is 5.92 Å². The summed E-state index contributed by atoms with van der Waals surface area (Å²) in [5.41, 5.74) is 1.79. The first-order valence-corrected chi connectivity index (χ1v) is 9.11. The van der Waals surface area contributed by atoms with Crippen LogP contribution in [0.1, 0.15) is 44.7 Å². The Morgan fingerprint density at radius 1 is 1.29 bits per heavy atom. The van der Waals surface area contributed by atoms with Gasteiger partial charge in [0, 0.05) is 18.6 Å². The van der Waals surface area contributed by atoms with Gasteiger partial charge in [-0.05, 0) is 42.9 Å². The Morgan fingerprint density at radius 2 is 1.95 bits per heavy atom. The standard InChI is InChI=1S/C16H26N2O2S/c1-11(2)17-10-14-6-5-13(4)16(9-14)21(19,20)18-15-7-12(3)8-15/h5-6,9,11-12,15,17-18H,7-8,10H2,1-4H3. The summed E-state index contributed by atoms with van der Waals surface area (Å²) in [6.07, 6.45) is 1.87. The monoisotopic (exact) mass is 310 g/mol. The fourth-order valence-corrected chi connectivity index (χ4v) is 4.20. The van der Waals surface area contributed by atoms with Gasteiger partial charge in [-0.25, -0.2) is 13.1 Å². The summed E-state index contributed by atoms with van der Waals surface area (Å²) in [6.45, 7) is 8.82. The molecule has 21 heavy (non-hydrogen) atoms. The molecule has 2 N–H and O–H groups in total. The summed E-state index contributed by atoms with van der Waals surface area (Å²) >= 11 is 0. The molecule has 5 heteroatoms. The molecular formula is C16H26N2O2S. The Labute approximate surface area is 128 Å². The van der Waals surface area contributed by atoms with E-state index in [-0.39, 0.29) is 6.04 Å². The lowest BCUT2D eigenvalue weighted by Gasteiger charge is -2.33. The van der Waals surface area contributed by atoms with Crippen molar-refractivity contribution in [3.63, 3.8) is 0 Å². The highest BCUT2D eigenvalue weighted by Gasteiger charge is 2.30. The van der Waals surface area contributed by atoms with Crippen LogP contribution in [0.25, 0.3) is 0 Å². The zero-order valence-electron chi connectivity index (χ0n) is 13.3. The van der Waals surface area contributed by atoms with Gasteiger partial charge in [0.25, 0.3) is 0 Å². The smallest absolute Gasteiger partial charge is 0.241 e. The molecular weight excluding hydrogens is 284 g/mol. The third kappa shape index (κ3) is 4.28. The predicted octanol–water partition coefficient (Wildman–Crippen LogP) is 2.57. The minimum atomic E-state index is -3.41. The molecule has 0 bridgehead atoms. The largest absolute Gasteiger partial charge is 0.310 e. The molecule has 1 aromatic rings. The normalized spacial score (nSPS) is 22.3. The van der Waals surface area contributed by atoms with E-state index in [0.717, 1.165) is 24.0 Å². The van der Waals surface area contributed by atoms with Crippen molar-refractivity contribution in [2.45, 2.75) is 64.1 Å². The maximum absolute atomic E-state index is 12.5. The van der Waals surface area contributed by atoms with Crippen molar-refractivity contribution >= 4 is 10.0 Å². The van der Waals surface area contributed by atoms with Crippen LogP contribution in [0.3, 0.4) is 0 Å². The topological polar surface area (TPSA) is 58.2 Å². The van der Waals surface area contributed by atoms with Crippen LogP contribution in [-0.4, -0.2) is 20.5 Å². The molecule has 0 aromatic heterocycles. The summed E-state index contributed by atoms with van der Waals surface area (Å²) in [5, 5.41) is 3.31. The lowest BCUT2D eigenvalue weighted by atomic mass is 9.83. The first-order valence-electron chi connectivity index (χ1n) is 7.63. The molecule has 0 radical (unpaired) electrons. The number of nitrogens with one attached hydrogen (secondary N) is 2. The van der Waals surface area contributed by atoms with Crippen LogP contribution >= 0.6 is 0 Å². The van der Waals surface area contributed by atoms with Crippen LogP contribution < -0.4 is 10.0 Å². The Kier molecular flexibility index (Phi) is 5.07. The van der Waals surface area contributed by atoms with E-state index >= 15 is 0 Å². The van der Waals surface area contributed by atoms with Gasteiger partial charge < -0.3 is 5.32 Å². The molecule has 118 valence electrons. The average molecular weight is 310 g/mol. The van der Waals surface area contributed by atoms with Crippen LogP contribution in [0.15, 0.2) is 23.1 Å². The third-order valence-electron chi connectivity index (χ3n) is 3.95. The average Bonchev–Trinajstić information content (AvgIpc) is 2.35. The minimum Gasteiger partial charge on any atom is -0.310 e. The summed E-state index contributed by atoms with van der Waals surface area (Å²) in [4.78, 5) is 0.408. The highest BCUT2D eigenvalue weighted by molar-refractivity contribution is 7.89. The van der Waals surface area contributed by atoms with Crippen molar-refractivity contribution < 1.29 is 8.42 Å². The van der Waals surface area contributed by atoms with Gasteiger partial charge >= 0.3 is 0 Å².